The van der Waals surface area contributed by atoms with Crippen molar-refractivity contribution in [3.05, 3.63) is 75.1 Å². The van der Waals surface area contributed by atoms with Gasteiger partial charge in [-0.05, 0) is 63.8 Å². The lowest BCUT2D eigenvalue weighted by Crippen LogP contribution is -2.48. The fraction of sp³-hybridized carbons (Fsp3) is 0.414. The smallest absolute Gasteiger partial charge is 0.408 e. The molecule has 3 aromatic rings. The maximum Gasteiger partial charge on any atom is 0.408 e. The number of amides is 1. The highest BCUT2D eigenvalue weighted by molar-refractivity contribution is 5.88. The second-order valence-corrected chi connectivity index (χ2v) is 10.2. The lowest BCUT2D eigenvalue weighted by atomic mass is 9.98. The number of hydrogen-bond donors (Lipinski definition) is 1. The van der Waals surface area contributed by atoms with Gasteiger partial charge in [-0.3, -0.25) is 0 Å². The first-order valence-electron chi connectivity index (χ1n) is 12.2. The van der Waals surface area contributed by atoms with E-state index < -0.39 is 29.3 Å². The molecule has 7 nitrogen and oxygen atoms in total. The summed E-state index contributed by atoms with van der Waals surface area (Å²) in [6, 6.07) is 12.3. The number of rotatable bonds is 7. The molecule has 0 aliphatic heterocycles. The first-order chi connectivity index (χ1) is 16.9. The van der Waals surface area contributed by atoms with E-state index in [-0.39, 0.29) is 11.7 Å². The Hall–Kier alpha value is -3.61. The fourth-order valence-electron chi connectivity index (χ4n) is 3.96. The second-order valence-electron chi connectivity index (χ2n) is 10.2. The van der Waals surface area contributed by atoms with Gasteiger partial charge < -0.3 is 19.2 Å². The molecule has 0 fully saturated rings. The summed E-state index contributed by atoms with van der Waals surface area (Å²) in [7, 11) is 0. The van der Waals surface area contributed by atoms with Crippen LogP contribution in [0.3, 0.4) is 0 Å². The van der Waals surface area contributed by atoms with Gasteiger partial charge in [0.25, 0.3) is 0 Å². The Bertz CT molecular complexity index is 1300. The SMILES string of the molecule is CC[C@H](C)[C@@H](NC(=O)OC(C)(C)C)C(=O)Oc1ccc2c(C)c(Cc3ccccc3)c(=O)oc2c1C. The number of nitrogens with one attached hydrogen (secondary N) is 1. The number of carbonyl (C=O) groups is 2. The van der Waals surface area contributed by atoms with Crippen molar-refractivity contribution < 1.29 is 23.5 Å². The van der Waals surface area contributed by atoms with Gasteiger partial charge in [-0.25, -0.2) is 14.4 Å². The Morgan fingerprint density at radius 2 is 1.69 bits per heavy atom. The summed E-state index contributed by atoms with van der Waals surface area (Å²) < 4.78 is 16.7. The van der Waals surface area contributed by atoms with E-state index in [9.17, 15) is 14.4 Å². The number of esters is 1. The van der Waals surface area contributed by atoms with E-state index in [1.165, 1.54) is 0 Å². The summed E-state index contributed by atoms with van der Waals surface area (Å²) in [6.45, 7) is 12.7. The van der Waals surface area contributed by atoms with Crippen LogP contribution in [0.2, 0.25) is 0 Å². The molecule has 7 heteroatoms. The first kappa shape index (κ1) is 27.0. The average molecular weight is 494 g/mol. The van der Waals surface area contributed by atoms with Gasteiger partial charge in [-0.1, -0.05) is 50.6 Å². The standard InChI is InChI=1S/C29H35NO6/c1-8-17(2)24(30-28(33)36-29(5,6)7)27(32)34-23-15-14-21-18(3)22(16-20-12-10-9-11-13-20)26(31)35-25(21)19(23)4/h9-15,17,24H,8,16H2,1-7H3,(H,30,33)/t17-,24+/m0/s1. The number of aryl methyl sites for hydroxylation is 2. The number of alkyl carbamates (subject to hydrolysis) is 1. The van der Waals surface area contributed by atoms with Crippen LogP contribution in [0.1, 0.15) is 63.3 Å². The largest absolute Gasteiger partial charge is 0.444 e. The number of benzene rings is 2. The zero-order valence-electron chi connectivity index (χ0n) is 22.1. The molecule has 1 heterocycles. The normalized spacial score (nSPS) is 13.2. The molecular weight excluding hydrogens is 458 g/mol. The Labute approximate surface area is 211 Å². The summed E-state index contributed by atoms with van der Waals surface area (Å²) in [5.74, 6) is -0.533. The number of fused-ring (bicyclic) bond motifs is 1. The quantitative estimate of drug-likeness (QED) is 0.252. The summed E-state index contributed by atoms with van der Waals surface area (Å²) in [6.07, 6.45) is 0.422. The van der Waals surface area contributed by atoms with E-state index in [0.717, 1.165) is 16.5 Å². The molecule has 36 heavy (non-hydrogen) atoms. The molecule has 0 aliphatic carbocycles. The molecule has 3 rings (SSSR count). The Morgan fingerprint density at radius 3 is 2.31 bits per heavy atom. The van der Waals surface area contributed by atoms with E-state index in [2.05, 4.69) is 5.32 Å². The Balaban J connectivity index is 1.90. The lowest BCUT2D eigenvalue weighted by molar-refractivity contribution is -0.138. The summed E-state index contributed by atoms with van der Waals surface area (Å²) >= 11 is 0. The summed E-state index contributed by atoms with van der Waals surface area (Å²) in [4.78, 5) is 38.3. The Morgan fingerprint density at radius 1 is 1.03 bits per heavy atom. The van der Waals surface area contributed by atoms with Crippen molar-refractivity contribution in [2.75, 3.05) is 0 Å². The van der Waals surface area contributed by atoms with Crippen LogP contribution in [0.25, 0.3) is 11.0 Å². The molecule has 1 aromatic heterocycles. The van der Waals surface area contributed by atoms with Crippen LogP contribution in [0.4, 0.5) is 4.79 Å². The number of hydrogen-bond acceptors (Lipinski definition) is 6. The highest BCUT2D eigenvalue weighted by atomic mass is 16.6. The Kier molecular flexibility index (Phi) is 8.23. The van der Waals surface area contributed by atoms with E-state index in [0.29, 0.717) is 29.6 Å². The number of ether oxygens (including phenoxy) is 2. The van der Waals surface area contributed by atoms with Crippen LogP contribution in [-0.2, 0) is 16.0 Å². The van der Waals surface area contributed by atoms with Gasteiger partial charge in [0.1, 0.15) is 23.0 Å². The molecule has 0 bridgehead atoms. The van der Waals surface area contributed by atoms with Crippen LogP contribution >= 0.6 is 0 Å². The summed E-state index contributed by atoms with van der Waals surface area (Å²) in [5.41, 5.74) is 2.24. The van der Waals surface area contributed by atoms with Gasteiger partial charge >= 0.3 is 17.7 Å². The van der Waals surface area contributed by atoms with Crippen LogP contribution < -0.4 is 15.7 Å². The van der Waals surface area contributed by atoms with E-state index in [1.807, 2.05) is 51.1 Å². The second kappa shape index (κ2) is 11.0. The van der Waals surface area contributed by atoms with Crippen molar-refractivity contribution in [2.24, 2.45) is 5.92 Å². The summed E-state index contributed by atoms with van der Waals surface area (Å²) in [5, 5.41) is 3.42. The van der Waals surface area contributed by atoms with Crippen LogP contribution in [0.15, 0.2) is 51.7 Å². The van der Waals surface area contributed by atoms with Crippen molar-refractivity contribution in [3.8, 4) is 5.75 Å². The highest BCUT2D eigenvalue weighted by Gasteiger charge is 2.30. The van der Waals surface area contributed by atoms with Gasteiger partial charge in [-0.15, -0.1) is 0 Å². The van der Waals surface area contributed by atoms with Gasteiger partial charge in [0.15, 0.2) is 0 Å². The monoisotopic (exact) mass is 493 g/mol. The molecule has 0 radical (unpaired) electrons. The van der Waals surface area contributed by atoms with E-state index >= 15 is 0 Å². The molecule has 2 aromatic carbocycles. The van der Waals surface area contributed by atoms with Crippen LogP contribution in [0, 0.1) is 19.8 Å². The van der Waals surface area contributed by atoms with Gasteiger partial charge in [0.2, 0.25) is 0 Å². The minimum absolute atomic E-state index is 0.188. The average Bonchev–Trinajstić information content (AvgIpc) is 2.81. The third-order valence-corrected chi connectivity index (χ3v) is 6.23. The minimum Gasteiger partial charge on any atom is -0.444 e. The zero-order valence-corrected chi connectivity index (χ0v) is 22.1. The highest BCUT2D eigenvalue weighted by Crippen LogP contribution is 2.30. The molecule has 192 valence electrons. The van der Waals surface area contributed by atoms with Gasteiger partial charge in [0.05, 0.1) is 0 Å². The van der Waals surface area contributed by atoms with Gasteiger partial charge in [0, 0.05) is 22.9 Å². The third-order valence-electron chi connectivity index (χ3n) is 6.23. The molecule has 0 aliphatic rings. The molecule has 0 unspecified atom stereocenters. The van der Waals surface area contributed by atoms with Crippen molar-refractivity contribution in [1.29, 1.82) is 0 Å². The molecule has 1 N–H and O–H groups in total. The predicted octanol–water partition coefficient (Wildman–Crippen LogP) is 5.85. The van der Waals surface area contributed by atoms with E-state index in [1.54, 1.807) is 39.8 Å². The van der Waals surface area contributed by atoms with Crippen molar-refractivity contribution in [3.63, 3.8) is 0 Å². The van der Waals surface area contributed by atoms with Crippen molar-refractivity contribution in [2.45, 2.75) is 73.0 Å². The minimum atomic E-state index is -0.901. The zero-order chi connectivity index (χ0) is 26.6. The molecular formula is C29H35NO6. The number of carbonyl (C=O) groups excluding carboxylic acids is 2. The lowest BCUT2D eigenvalue weighted by Gasteiger charge is -2.25. The van der Waals surface area contributed by atoms with E-state index in [4.69, 9.17) is 13.9 Å². The molecule has 0 saturated carbocycles. The van der Waals surface area contributed by atoms with Crippen molar-refractivity contribution in [1.82, 2.24) is 5.32 Å². The first-order valence-corrected chi connectivity index (χ1v) is 12.2. The maximum atomic E-state index is 13.1. The molecule has 0 saturated heterocycles. The fourth-order valence-corrected chi connectivity index (χ4v) is 3.96. The topological polar surface area (TPSA) is 94.8 Å². The van der Waals surface area contributed by atoms with Crippen molar-refractivity contribution >= 4 is 23.0 Å². The molecule has 0 spiro atoms. The maximum absolute atomic E-state index is 13.1. The predicted molar refractivity (Wildman–Crippen MR) is 139 cm³/mol. The third kappa shape index (κ3) is 6.33. The van der Waals surface area contributed by atoms with Crippen LogP contribution in [0.5, 0.6) is 5.75 Å². The van der Waals surface area contributed by atoms with Crippen LogP contribution in [-0.4, -0.2) is 23.7 Å². The molecule has 2 atom stereocenters. The van der Waals surface area contributed by atoms with Gasteiger partial charge in [-0.2, -0.15) is 0 Å². The molecule has 1 amide bonds.